The van der Waals surface area contributed by atoms with Gasteiger partial charge in [0.25, 0.3) is 0 Å². The minimum atomic E-state index is -2.16. The van der Waals surface area contributed by atoms with E-state index in [4.69, 9.17) is 75.8 Å². The van der Waals surface area contributed by atoms with Gasteiger partial charge in [0.2, 0.25) is 0 Å². The summed E-state index contributed by atoms with van der Waals surface area (Å²) in [5.74, 6) is -7.61. The zero-order valence-electron chi connectivity index (χ0n) is 71.8. The van der Waals surface area contributed by atoms with Crippen molar-refractivity contribution >= 4 is 53.7 Å². The van der Waals surface area contributed by atoms with Crippen LogP contribution in [0.3, 0.4) is 0 Å². The first-order chi connectivity index (χ1) is 53.2. The zero-order valence-corrected chi connectivity index (χ0v) is 71.8. The van der Waals surface area contributed by atoms with E-state index in [0.717, 1.165) is 64.0 Å². The maximum Gasteiger partial charge on any atom is 0.311 e. The standard InChI is InChI=1S/C86H133N3O25/c1-23-24-25-26-27-28-29-30-31-32-33-40-45-60(100-48-56-41-36-34-37-42-56)65(101-49-57-43-38-35-39-44-57)59(88-89-87)47-62-66(111-77(95)83(11,12)13)70(113-79(97)85(17,18)19)67(63(107-62)51-102-75(93)81(5,6)7)109-74-72(114-80(98)86(20,21)22)71(68(112-78(96)84(14,15)16)64(108-74)52-103-76(94)82(8,9)10)110-73-69(105-55(4)92)61(104-54(3)91)46-58(106-73)50-99-53(2)90/h34-39,41-44,58-74H,23-33,40,45-52H2,1-22H3/t58-,59-,60+,61-,62-,63+,64+,65-,66-,67+,68-,69+,70+,71-,72+,73+,74-/m0/s1. The molecule has 0 bridgehead atoms. The number of hydrogen-bond donors (Lipinski definition) is 0. The fraction of sp³-hybridized carbons (Fsp3) is 0.756. The monoisotopic (exact) mass is 1610 g/mol. The first-order valence-electron chi connectivity index (χ1n) is 40.5. The Morgan fingerprint density at radius 3 is 1.26 bits per heavy atom. The number of esters is 9. The number of hydrogen-bond acceptors (Lipinski definition) is 26. The molecule has 0 aliphatic carbocycles. The number of benzene rings is 2. The second-order valence-corrected chi connectivity index (χ2v) is 36.3. The van der Waals surface area contributed by atoms with E-state index in [1.165, 1.54) is 59.3 Å². The van der Waals surface area contributed by atoms with Crippen molar-refractivity contribution < 1.29 is 119 Å². The Kier molecular flexibility index (Phi) is 38.3. The van der Waals surface area contributed by atoms with E-state index in [0.29, 0.717) is 12.8 Å². The molecule has 2 aromatic carbocycles. The largest absolute Gasteiger partial charge is 0.463 e. The van der Waals surface area contributed by atoms with Gasteiger partial charge in [0.05, 0.1) is 76.2 Å². The van der Waals surface area contributed by atoms with Gasteiger partial charge in [-0.05, 0) is 154 Å². The van der Waals surface area contributed by atoms with Gasteiger partial charge in [0.1, 0.15) is 50.3 Å². The Morgan fingerprint density at radius 2 is 0.825 bits per heavy atom. The molecule has 17 atom stereocenters. The van der Waals surface area contributed by atoms with Crippen LogP contribution in [-0.4, -0.2) is 178 Å². The van der Waals surface area contributed by atoms with E-state index in [1.54, 1.807) is 104 Å². The van der Waals surface area contributed by atoms with E-state index in [-0.39, 0.29) is 26.1 Å². The molecular weight excluding hydrogens is 1470 g/mol. The highest BCUT2D eigenvalue weighted by molar-refractivity contribution is 5.78. The van der Waals surface area contributed by atoms with Gasteiger partial charge in [-0.25, -0.2) is 0 Å². The van der Waals surface area contributed by atoms with Crippen molar-refractivity contribution in [3.05, 3.63) is 82.2 Å². The third kappa shape index (κ3) is 32.3. The second-order valence-electron chi connectivity index (χ2n) is 36.3. The van der Waals surface area contributed by atoms with Crippen LogP contribution in [0, 0.1) is 32.5 Å². The van der Waals surface area contributed by atoms with Crippen LogP contribution in [-0.2, 0) is 132 Å². The molecule has 28 heteroatoms. The maximum absolute atomic E-state index is 15.2. The third-order valence-corrected chi connectivity index (χ3v) is 19.2. The number of ether oxygens (including phenoxy) is 16. The molecule has 642 valence electrons. The number of azide groups is 1. The van der Waals surface area contributed by atoms with Gasteiger partial charge in [-0.1, -0.05) is 150 Å². The van der Waals surface area contributed by atoms with Crippen molar-refractivity contribution in [1.82, 2.24) is 0 Å². The molecular formula is C86H133N3O25. The van der Waals surface area contributed by atoms with Crippen LogP contribution in [0.2, 0.25) is 0 Å². The molecule has 3 heterocycles. The van der Waals surface area contributed by atoms with Gasteiger partial charge in [-0.3, -0.25) is 43.2 Å². The van der Waals surface area contributed by atoms with Crippen molar-refractivity contribution in [3.8, 4) is 0 Å². The molecule has 0 amide bonds. The number of rotatable bonds is 40. The highest BCUT2D eigenvalue weighted by Gasteiger charge is 2.61. The number of unbranched alkanes of at least 4 members (excludes halogenated alkanes) is 11. The summed E-state index contributed by atoms with van der Waals surface area (Å²) in [6.07, 6.45) is -13.8. The average Bonchev–Trinajstić information content (AvgIpc) is 0.753. The van der Waals surface area contributed by atoms with Crippen LogP contribution in [0.15, 0.2) is 65.8 Å². The van der Waals surface area contributed by atoms with E-state index in [1.807, 2.05) is 60.7 Å². The van der Waals surface area contributed by atoms with E-state index in [9.17, 15) is 34.3 Å². The smallest absolute Gasteiger partial charge is 0.311 e. The molecule has 0 saturated carbocycles. The summed E-state index contributed by atoms with van der Waals surface area (Å²) in [5, 5.41) is 4.51. The molecule has 0 unspecified atom stereocenters. The molecule has 28 nitrogen and oxygen atoms in total. The normalized spacial score (nSPS) is 24.4. The number of carbonyl (C=O) groups is 9. The summed E-state index contributed by atoms with van der Waals surface area (Å²) in [6.45, 7) is 32.1. The van der Waals surface area contributed by atoms with Crippen LogP contribution >= 0.6 is 0 Å². The van der Waals surface area contributed by atoms with Crippen molar-refractivity contribution in [2.45, 2.75) is 366 Å². The van der Waals surface area contributed by atoms with Gasteiger partial charge >= 0.3 is 53.7 Å². The molecule has 2 aromatic rings. The van der Waals surface area contributed by atoms with Crippen molar-refractivity contribution in [1.29, 1.82) is 0 Å². The van der Waals surface area contributed by atoms with Gasteiger partial charge in [-0.15, -0.1) is 0 Å². The number of nitrogens with zero attached hydrogens (tertiary/aromatic N) is 3. The van der Waals surface area contributed by atoms with Gasteiger partial charge in [0, 0.05) is 32.1 Å². The second kappa shape index (κ2) is 44.9. The topological polar surface area (TPSA) is 350 Å². The molecule has 3 aliphatic heterocycles. The Balaban J connectivity index is 1.87. The zero-order chi connectivity index (χ0) is 85.1. The van der Waals surface area contributed by atoms with Crippen molar-refractivity contribution in [3.63, 3.8) is 0 Å². The maximum atomic E-state index is 15.2. The van der Waals surface area contributed by atoms with Crippen LogP contribution in [0.4, 0.5) is 0 Å². The molecule has 5 rings (SSSR count). The molecule has 0 aromatic heterocycles. The Morgan fingerprint density at radius 1 is 0.421 bits per heavy atom. The van der Waals surface area contributed by atoms with Crippen LogP contribution < -0.4 is 0 Å². The molecule has 0 spiro atoms. The summed E-state index contributed by atoms with van der Waals surface area (Å²) < 4.78 is 105. The number of carbonyl (C=O) groups excluding carboxylic acids is 9. The lowest BCUT2D eigenvalue weighted by molar-refractivity contribution is -0.371. The Hall–Kier alpha value is -7.30. The predicted octanol–water partition coefficient (Wildman–Crippen LogP) is 15.1. The van der Waals surface area contributed by atoms with Gasteiger partial charge in [-0.2, -0.15) is 0 Å². The summed E-state index contributed by atoms with van der Waals surface area (Å²) in [5.41, 5.74) is 4.78. The van der Waals surface area contributed by atoms with Crippen LogP contribution in [0.5, 0.6) is 0 Å². The average molecular weight is 1610 g/mol. The fourth-order valence-corrected chi connectivity index (χ4v) is 12.6. The molecule has 3 aliphatic rings. The first kappa shape index (κ1) is 97.3. The highest BCUT2D eigenvalue weighted by Crippen LogP contribution is 2.42. The quantitative estimate of drug-likeness (QED) is 0.0149. The van der Waals surface area contributed by atoms with E-state index in [2.05, 4.69) is 16.9 Å². The SMILES string of the molecule is CCCCCCCCCCCCCC[C@@H](OCc1ccccc1)[C@@H](OCc1ccccc1)[C@H](C[C@@H]1O[C@H](COC(=O)C(C)(C)C)[C@@H](O[C@@H]2O[C@H](COC(=O)C(C)(C)C)[C@H](OC(=O)C(C)(C)C)[C@H](O[C@H]3O[C@H](COC(C)=O)C[C@H](OC(C)=O)[C@H]3OC(C)=O)[C@H]2OC(=O)C(C)(C)C)[C@H](OC(=O)C(C)(C)C)[C@H]1OC(=O)C(C)(C)C)N=[N+]=[N-]. The molecule has 3 fully saturated rings. The molecule has 3 saturated heterocycles. The van der Waals surface area contributed by atoms with E-state index >= 15 is 14.4 Å². The lowest BCUT2D eigenvalue weighted by Gasteiger charge is -2.51. The van der Waals surface area contributed by atoms with Crippen molar-refractivity contribution in [2.24, 2.45) is 37.6 Å². The van der Waals surface area contributed by atoms with E-state index < -0.39 is 210 Å². The Labute approximate surface area is 675 Å². The summed E-state index contributed by atoms with van der Waals surface area (Å²) >= 11 is 0. The van der Waals surface area contributed by atoms with Gasteiger partial charge < -0.3 is 75.8 Å². The summed E-state index contributed by atoms with van der Waals surface area (Å²) in [6, 6.07) is 17.7. The first-order valence-corrected chi connectivity index (χ1v) is 40.5. The minimum absolute atomic E-state index is 0.00625. The Bertz CT molecular complexity index is 3420. The third-order valence-electron chi connectivity index (χ3n) is 19.2. The fourth-order valence-electron chi connectivity index (χ4n) is 12.6. The van der Waals surface area contributed by atoms with Crippen LogP contribution in [0.25, 0.3) is 10.4 Å². The summed E-state index contributed by atoms with van der Waals surface area (Å²) in [7, 11) is 0. The lowest BCUT2D eigenvalue weighted by Crippen LogP contribution is -2.68. The lowest BCUT2D eigenvalue weighted by atomic mass is 9.87. The predicted molar refractivity (Wildman–Crippen MR) is 420 cm³/mol. The van der Waals surface area contributed by atoms with Gasteiger partial charge in [0.15, 0.2) is 43.1 Å². The molecule has 114 heavy (non-hydrogen) atoms. The minimum Gasteiger partial charge on any atom is -0.463 e. The van der Waals surface area contributed by atoms with Crippen molar-refractivity contribution in [2.75, 3.05) is 19.8 Å². The highest BCUT2D eigenvalue weighted by atomic mass is 16.8. The molecule has 0 radical (unpaired) electrons. The van der Waals surface area contributed by atoms with Crippen LogP contribution in [0.1, 0.15) is 260 Å². The summed E-state index contributed by atoms with van der Waals surface area (Å²) in [4.78, 5) is 131. The molecule has 0 N–H and O–H groups in total.